The molecule has 1 aliphatic heterocycles. The highest BCUT2D eigenvalue weighted by atomic mass is 127. The topological polar surface area (TPSA) is 56.7 Å². The molecule has 3 rings (SSSR count). The number of nitrogens with zero attached hydrogens (tertiary/aromatic N) is 5. The van der Waals surface area contributed by atoms with E-state index < -0.39 is 0 Å². The average molecular weight is 466 g/mol. The van der Waals surface area contributed by atoms with E-state index in [1.165, 1.54) is 11.1 Å². The molecule has 6 nitrogen and oxygen atoms in total. The molecule has 1 fully saturated rings. The zero-order valence-electron chi connectivity index (χ0n) is 15.4. The van der Waals surface area contributed by atoms with Crippen LogP contribution in [-0.2, 0) is 6.54 Å². The van der Waals surface area contributed by atoms with E-state index in [1.54, 1.807) is 12.4 Å². The lowest BCUT2D eigenvalue weighted by Gasteiger charge is -2.36. The Morgan fingerprint density at radius 1 is 1.08 bits per heavy atom. The highest BCUT2D eigenvalue weighted by molar-refractivity contribution is 14.0. The van der Waals surface area contributed by atoms with Gasteiger partial charge in [0.2, 0.25) is 5.95 Å². The minimum Gasteiger partial charge on any atom is -0.357 e. The van der Waals surface area contributed by atoms with Crippen molar-refractivity contribution in [1.82, 2.24) is 20.2 Å². The SMILES string of the molecule is CCNC(=NCc1ccccc1C)N1CCN(c2ncccn2)CC1.I. The van der Waals surface area contributed by atoms with Crippen LogP contribution in [-0.4, -0.2) is 53.6 Å². The van der Waals surface area contributed by atoms with E-state index in [0.717, 1.165) is 44.6 Å². The largest absolute Gasteiger partial charge is 0.357 e. The molecule has 0 amide bonds. The third kappa shape index (κ3) is 5.30. The fraction of sp³-hybridized carbons (Fsp3) is 0.421. The molecule has 1 aromatic carbocycles. The molecule has 1 aromatic heterocycles. The number of aliphatic imine (C=N–C) groups is 1. The van der Waals surface area contributed by atoms with Gasteiger partial charge in [-0.25, -0.2) is 15.0 Å². The number of hydrogen-bond donors (Lipinski definition) is 1. The fourth-order valence-electron chi connectivity index (χ4n) is 2.95. The number of guanidine groups is 1. The Bertz CT molecular complexity index is 698. The van der Waals surface area contributed by atoms with Crippen molar-refractivity contribution in [2.45, 2.75) is 20.4 Å². The van der Waals surface area contributed by atoms with Gasteiger partial charge in [-0.05, 0) is 31.0 Å². The molecule has 0 atom stereocenters. The zero-order chi connectivity index (χ0) is 17.5. The van der Waals surface area contributed by atoms with Gasteiger partial charge in [0.15, 0.2) is 5.96 Å². The lowest BCUT2D eigenvalue weighted by Crippen LogP contribution is -2.53. The van der Waals surface area contributed by atoms with Crippen molar-refractivity contribution >= 4 is 35.9 Å². The van der Waals surface area contributed by atoms with Crippen molar-refractivity contribution in [2.75, 3.05) is 37.6 Å². The molecule has 0 aliphatic carbocycles. The number of piperazine rings is 1. The van der Waals surface area contributed by atoms with Gasteiger partial charge in [-0.3, -0.25) is 0 Å². The maximum Gasteiger partial charge on any atom is 0.225 e. The van der Waals surface area contributed by atoms with Gasteiger partial charge in [-0.1, -0.05) is 24.3 Å². The van der Waals surface area contributed by atoms with E-state index in [0.29, 0.717) is 6.54 Å². The van der Waals surface area contributed by atoms with Crippen molar-refractivity contribution < 1.29 is 0 Å². The Morgan fingerprint density at radius 3 is 2.42 bits per heavy atom. The first-order valence-corrected chi connectivity index (χ1v) is 8.87. The molecule has 2 heterocycles. The minimum absolute atomic E-state index is 0. The average Bonchev–Trinajstić information content (AvgIpc) is 2.67. The highest BCUT2D eigenvalue weighted by Gasteiger charge is 2.21. The number of benzene rings is 1. The van der Waals surface area contributed by atoms with E-state index in [2.05, 4.69) is 63.2 Å². The number of aromatic nitrogens is 2. The van der Waals surface area contributed by atoms with Gasteiger partial charge in [0.25, 0.3) is 0 Å². The number of anilines is 1. The van der Waals surface area contributed by atoms with E-state index in [9.17, 15) is 0 Å². The van der Waals surface area contributed by atoms with Crippen LogP contribution >= 0.6 is 24.0 Å². The van der Waals surface area contributed by atoms with Crippen LogP contribution in [0.4, 0.5) is 5.95 Å². The first-order valence-electron chi connectivity index (χ1n) is 8.87. The van der Waals surface area contributed by atoms with Crippen LogP contribution in [0.3, 0.4) is 0 Å². The maximum atomic E-state index is 4.85. The van der Waals surface area contributed by atoms with Gasteiger partial charge >= 0.3 is 0 Å². The van der Waals surface area contributed by atoms with Crippen molar-refractivity contribution in [3.8, 4) is 0 Å². The number of aryl methyl sites for hydroxylation is 1. The van der Waals surface area contributed by atoms with Crippen LogP contribution in [0.15, 0.2) is 47.7 Å². The molecule has 0 bridgehead atoms. The summed E-state index contributed by atoms with van der Waals surface area (Å²) in [5.41, 5.74) is 2.56. The standard InChI is InChI=1S/C19H26N6.HI/c1-3-20-18(23-15-17-8-5-4-7-16(17)2)24-11-13-25(14-12-24)19-21-9-6-10-22-19;/h4-10H,3,11-15H2,1-2H3,(H,20,23);1H. The molecule has 7 heteroatoms. The second-order valence-electron chi connectivity index (χ2n) is 6.12. The summed E-state index contributed by atoms with van der Waals surface area (Å²) < 4.78 is 0. The maximum absolute atomic E-state index is 4.85. The van der Waals surface area contributed by atoms with E-state index >= 15 is 0 Å². The Morgan fingerprint density at radius 2 is 1.77 bits per heavy atom. The molecule has 26 heavy (non-hydrogen) atoms. The van der Waals surface area contributed by atoms with Gasteiger partial charge in [0, 0.05) is 45.1 Å². The van der Waals surface area contributed by atoms with Crippen LogP contribution in [0.2, 0.25) is 0 Å². The van der Waals surface area contributed by atoms with Gasteiger partial charge in [0.1, 0.15) is 0 Å². The van der Waals surface area contributed by atoms with E-state index in [1.807, 2.05) is 6.07 Å². The summed E-state index contributed by atoms with van der Waals surface area (Å²) in [4.78, 5) is 18.1. The minimum atomic E-state index is 0. The Hall–Kier alpha value is -1.90. The highest BCUT2D eigenvalue weighted by Crippen LogP contribution is 2.11. The van der Waals surface area contributed by atoms with Crippen molar-refractivity contribution in [1.29, 1.82) is 0 Å². The lowest BCUT2D eigenvalue weighted by molar-refractivity contribution is 0.370. The van der Waals surface area contributed by atoms with Crippen LogP contribution in [0.1, 0.15) is 18.1 Å². The molecular weight excluding hydrogens is 439 g/mol. The van der Waals surface area contributed by atoms with Crippen molar-refractivity contribution in [3.63, 3.8) is 0 Å². The predicted molar refractivity (Wildman–Crippen MR) is 117 cm³/mol. The third-order valence-corrected chi connectivity index (χ3v) is 4.41. The summed E-state index contributed by atoms with van der Waals surface area (Å²) in [6, 6.07) is 10.3. The number of halogens is 1. The van der Waals surface area contributed by atoms with Crippen LogP contribution in [0, 0.1) is 6.92 Å². The quantitative estimate of drug-likeness (QED) is 0.427. The third-order valence-electron chi connectivity index (χ3n) is 4.41. The first kappa shape index (κ1) is 20.4. The van der Waals surface area contributed by atoms with E-state index in [-0.39, 0.29) is 24.0 Å². The first-order chi connectivity index (χ1) is 12.3. The molecule has 0 radical (unpaired) electrons. The summed E-state index contributed by atoms with van der Waals surface area (Å²) in [7, 11) is 0. The van der Waals surface area contributed by atoms with Crippen molar-refractivity contribution in [3.05, 3.63) is 53.9 Å². The summed E-state index contributed by atoms with van der Waals surface area (Å²) in [6.45, 7) is 9.45. The van der Waals surface area contributed by atoms with Gasteiger partial charge in [0.05, 0.1) is 6.54 Å². The second kappa shape index (κ2) is 10.3. The molecule has 0 unspecified atom stereocenters. The summed E-state index contributed by atoms with van der Waals surface area (Å²) >= 11 is 0. The molecule has 0 spiro atoms. The lowest BCUT2D eigenvalue weighted by atomic mass is 10.1. The normalized spacial score (nSPS) is 14.8. The van der Waals surface area contributed by atoms with E-state index in [4.69, 9.17) is 4.99 Å². The second-order valence-corrected chi connectivity index (χ2v) is 6.12. The van der Waals surface area contributed by atoms with Crippen LogP contribution in [0.25, 0.3) is 0 Å². The molecule has 2 aromatic rings. The Balaban J connectivity index is 0.00000243. The van der Waals surface area contributed by atoms with Crippen LogP contribution in [0.5, 0.6) is 0 Å². The number of nitrogens with one attached hydrogen (secondary N) is 1. The zero-order valence-corrected chi connectivity index (χ0v) is 17.8. The molecule has 140 valence electrons. The molecular formula is C19H27IN6. The van der Waals surface area contributed by atoms with Crippen molar-refractivity contribution in [2.24, 2.45) is 4.99 Å². The smallest absolute Gasteiger partial charge is 0.225 e. The monoisotopic (exact) mass is 466 g/mol. The fourth-order valence-corrected chi connectivity index (χ4v) is 2.95. The van der Waals surface area contributed by atoms with Gasteiger partial charge in [-0.2, -0.15) is 0 Å². The molecule has 1 N–H and O–H groups in total. The molecule has 1 saturated heterocycles. The number of rotatable bonds is 4. The predicted octanol–water partition coefficient (Wildman–Crippen LogP) is 2.69. The van der Waals surface area contributed by atoms with Gasteiger partial charge in [-0.15, -0.1) is 24.0 Å². The summed E-state index contributed by atoms with van der Waals surface area (Å²) in [6.07, 6.45) is 3.59. The number of hydrogen-bond acceptors (Lipinski definition) is 4. The Labute approximate surface area is 172 Å². The van der Waals surface area contributed by atoms with Gasteiger partial charge < -0.3 is 15.1 Å². The molecule has 0 saturated carbocycles. The van der Waals surface area contributed by atoms with Crippen LogP contribution < -0.4 is 10.2 Å². The Kier molecular flexibility index (Phi) is 8.08. The summed E-state index contributed by atoms with van der Waals surface area (Å²) in [5, 5.41) is 3.42. The molecule has 1 aliphatic rings. The summed E-state index contributed by atoms with van der Waals surface area (Å²) in [5.74, 6) is 1.79.